The third kappa shape index (κ3) is 24.8. The molecule has 11 nitrogen and oxygen atoms in total. The van der Waals surface area contributed by atoms with Gasteiger partial charge in [0, 0.05) is 56.9 Å². The van der Waals surface area contributed by atoms with E-state index in [0.717, 1.165) is 19.1 Å². The number of aldehydes is 2. The lowest BCUT2D eigenvalue weighted by Gasteiger charge is -2.42. The summed E-state index contributed by atoms with van der Waals surface area (Å²) in [6, 6.07) is 4.83. The van der Waals surface area contributed by atoms with E-state index in [4.69, 9.17) is 17.3 Å². The smallest absolute Gasteiger partial charge is 0.222 e. The normalized spacial score (nSPS) is 11.6. The predicted octanol–water partition coefficient (Wildman–Crippen LogP) is 7.99. The molecule has 1 atom stereocenters. The number of benzene rings is 1. The fourth-order valence-electron chi connectivity index (χ4n) is 4.78. The van der Waals surface area contributed by atoms with E-state index in [0.29, 0.717) is 43.0 Å². The second kappa shape index (κ2) is 32.4. The molecule has 0 saturated carbocycles. The number of amides is 3. The summed E-state index contributed by atoms with van der Waals surface area (Å²) >= 11 is 0. The van der Waals surface area contributed by atoms with Gasteiger partial charge in [-0.3, -0.25) is 19.2 Å². The maximum Gasteiger partial charge on any atom is 0.222 e. The van der Waals surface area contributed by atoms with Crippen molar-refractivity contribution in [2.24, 2.45) is 10.8 Å². The van der Waals surface area contributed by atoms with Crippen LogP contribution in [0.5, 0.6) is 11.5 Å². The maximum absolute atomic E-state index is 13.5. The second-order valence-corrected chi connectivity index (χ2v) is 15.4. The fourth-order valence-corrected chi connectivity index (χ4v) is 4.78. The van der Waals surface area contributed by atoms with Crippen LogP contribution < -0.4 is 14.8 Å². The lowest BCUT2D eigenvalue weighted by molar-refractivity contribution is -0.134. The molecule has 0 heterocycles. The molecule has 1 N–H and O–H groups in total. The fraction of sp³-hybridized carbons (Fsp3) is 0.705. The van der Waals surface area contributed by atoms with Gasteiger partial charge in [-0.2, -0.15) is 0 Å². The number of methoxy groups -OCH3 is 1. The summed E-state index contributed by atoms with van der Waals surface area (Å²) in [6.45, 7) is 27.6. The molecular weight excluding hydrogens is 707 g/mol. The van der Waals surface area contributed by atoms with Crippen molar-refractivity contribution in [1.29, 1.82) is 0 Å². The zero-order valence-electron chi connectivity index (χ0n) is 37.0. The van der Waals surface area contributed by atoms with Crippen LogP contribution >= 0.6 is 0 Å². The summed E-state index contributed by atoms with van der Waals surface area (Å²) in [7, 11) is 12.8. The Bertz CT molecular complexity index is 1240. The molecule has 0 bridgehead atoms. The summed E-state index contributed by atoms with van der Waals surface area (Å²) in [5.41, 5.74) is -0.638. The number of hydrogen-bond acceptors (Lipinski definition) is 8. The summed E-state index contributed by atoms with van der Waals surface area (Å²) < 4.78 is 11.1. The first kappa shape index (κ1) is 59.0. The van der Waals surface area contributed by atoms with Crippen molar-refractivity contribution in [2.45, 2.75) is 133 Å². The third-order valence-electron chi connectivity index (χ3n) is 9.59. The summed E-state index contributed by atoms with van der Waals surface area (Å²) in [5.74, 6) is 0.397. The second-order valence-electron chi connectivity index (χ2n) is 15.4. The number of hydrogen-bond donors (Lipinski definition) is 1. The van der Waals surface area contributed by atoms with Gasteiger partial charge >= 0.3 is 0 Å². The van der Waals surface area contributed by atoms with Crippen LogP contribution in [0.2, 0.25) is 0 Å². The number of rotatable bonds is 22. The van der Waals surface area contributed by atoms with Crippen LogP contribution in [0.25, 0.3) is 0 Å². The van der Waals surface area contributed by atoms with Gasteiger partial charge in [0.1, 0.15) is 12.6 Å². The third-order valence-corrected chi connectivity index (χ3v) is 9.59. The van der Waals surface area contributed by atoms with Crippen molar-refractivity contribution < 1.29 is 33.4 Å². The first-order valence-corrected chi connectivity index (χ1v) is 19.6. The number of carbonyl (C=O) groups excluding carboxylic acids is 5. The molecule has 0 aromatic heterocycles. The van der Waals surface area contributed by atoms with Crippen molar-refractivity contribution in [2.75, 3.05) is 60.9 Å². The molecule has 3 amide bonds. The summed E-state index contributed by atoms with van der Waals surface area (Å²) in [6.07, 6.45) is 4.61. The molecule has 0 saturated heterocycles. The van der Waals surface area contributed by atoms with Gasteiger partial charge in [0.25, 0.3) is 0 Å². The zero-order valence-corrected chi connectivity index (χ0v) is 37.0. The number of carbonyl (C=O) groups is 5. The average molecular weight is 789 g/mol. The number of nitrogens with one attached hydrogen (secondary N) is 1. The Morgan fingerprint density at radius 3 is 1.82 bits per heavy atom. The monoisotopic (exact) mass is 789 g/mol. The average Bonchev–Trinajstić information content (AvgIpc) is 3.16. The molecule has 0 aliphatic heterocycles. The van der Waals surface area contributed by atoms with Gasteiger partial charge in [0.05, 0.1) is 21.6 Å². The van der Waals surface area contributed by atoms with Gasteiger partial charge in [-0.05, 0) is 88.7 Å². The van der Waals surface area contributed by atoms with Crippen LogP contribution in [0.4, 0.5) is 0 Å². The van der Waals surface area contributed by atoms with Crippen molar-refractivity contribution >= 4 is 38.1 Å². The predicted molar refractivity (Wildman–Crippen MR) is 235 cm³/mol. The zero-order chi connectivity index (χ0) is 43.3. The van der Waals surface area contributed by atoms with Crippen molar-refractivity contribution in [3.63, 3.8) is 0 Å². The van der Waals surface area contributed by atoms with Gasteiger partial charge in [-0.15, -0.1) is 13.2 Å². The molecule has 0 aliphatic rings. The van der Waals surface area contributed by atoms with Gasteiger partial charge in [0.15, 0.2) is 11.5 Å². The molecule has 0 spiro atoms. The lowest BCUT2D eigenvalue weighted by atomic mass is 9.69. The van der Waals surface area contributed by atoms with E-state index in [2.05, 4.69) is 92.9 Å². The molecule has 1 rings (SSSR count). The van der Waals surface area contributed by atoms with Crippen molar-refractivity contribution in [3.8, 4) is 11.5 Å². The summed E-state index contributed by atoms with van der Waals surface area (Å²) in [4.78, 5) is 67.4. The van der Waals surface area contributed by atoms with E-state index in [1.807, 2.05) is 11.8 Å². The molecule has 0 aliphatic carbocycles. The Labute approximate surface area is 344 Å². The molecule has 1 unspecified atom stereocenters. The standard InChI is InChI=1S/C34H54BN3O7.C4H11N.C3H8.C2H4.CH4/c1-9-38(24-33(5,6)32(2,3)4)31(43)16-19-34(17-11-20-39,18-15-30(42)37(7)25-35)36-29(41)12-10-21-45-27-14-13-26(23-40)22-28(27)44-8;1-4-5(2)3;1-3-2;1-2;/h13-14,20,22-23H,9-12,15-19,21,24-25H2,1-8H3,(H,36,41);4H2,1-3H3;3H2,1-2H3;1-2H2;1H4. The Kier molecular flexibility index (Phi) is 34.2. The van der Waals surface area contributed by atoms with Crippen molar-refractivity contribution in [1.82, 2.24) is 20.0 Å². The van der Waals surface area contributed by atoms with Crippen LogP contribution in [0.15, 0.2) is 31.4 Å². The van der Waals surface area contributed by atoms with Gasteiger partial charge in [-0.1, -0.05) is 69.2 Å². The number of ether oxygens (including phenoxy) is 2. The minimum Gasteiger partial charge on any atom is -0.493 e. The molecule has 1 aromatic carbocycles. The molecule has 1 aromatic rings. The van der Waals surface area contributed by atoms with E-state index in [9.17, 15) is 24.0 Å². The van der Waals surface area contributed by atoms with E-state index >= 15 is 0 Å². The molecule has 322 valence electrons. The molecular formula is C44H81BN4O7. The Hall–Kier alpha value is -3.67. The van der Waals surface area contributed by atoms with Gasteiger partial charge < -0.3 is 34.3 Å². The molecule has 56 heavy (non-hydrogen) atoms. The van der Waals surface area contributed by atoms with Crippen molar-refractivity contribution in [3.05, 3.63) is 36.9 Å². The van der Waals surface area contributed by atoms with E-state index in [1.165, 1.54) is 18.4 Å². The van der Waals surface area contributed by atoms with Crippen LogP contribution in [-0.4, -0.2) is 119 Å². The van der Waals surface area contributed by atoms with Gasteiger partial charge in [-0.25, -0.2) is 0 Å². The Morgan fingerprint density at radius 2 is 1.39 bits per heavy atom. The molecule has 12 heteroatoms. The minimum absolute atomic E-state index is 0. The SMILES string of the molecule is C.C=C.CCC.CCN(C)C.[B]CN(C)C(=O)CCC(CCC=O)(CCC(=O)N(CC)CC(C)(C)C(C)(C)C)NC(=O)CCCOc1ccc(C=O)cc1OC. The first-order valence-electron chi connectivity index (χ1n) is 19.6. The first-order chi connectivity index (χ1) is 25.8. The highest BCUT2D eigenvalue weighted by atomic mass is 16.5. The highest BCUT2D eigenvalue weighted by Crippen LogP contribution is 2.38. The number of nitrogens with zero attached hydrogens (tertiary/aromatic N) is 3. The maximum atomic E-state index is 13.5. The Morgan fingerprint density at radius 1 is 0.857 bits per heavy atom. The topological polar surface area (TPSA) is 126 Å². The van der Waals surface area contributed by atoms with Gasteiger partial charge in [0.2, 0.25) is 17.7 Å². The molecule has 2 radical (unpaired) electrons. The van der Waals surface area contributed by atoms with Crippen LogP contribution in [0, 0.1) is 10.8 Å². The largest absolute Gasteiger partial charge is 0.493 e. The quantitative estimate of drug-likeness (QED) is 0.0543. The minimum atomic E-state index is -0.938. The van der Waals surface area contributed by atoms with E-state index in [-0.39, 0.29) is 87.6 Å². The highest BCUT2D eigenvalue weighted by molar-refractivity contribution is 6.09. The summed E-state index contributed by atoms with van der Waals surface area (Å²) in [5, 5.41) is 3.11. The van der Waals surface area contributed by atoms with Crippen LogP contribution in [0.1, 0.15) is 138 Å². The highest BCUT2D eigenvalue weighted by Gasteiger charge is 2.37. The lowest BCUT2D eigenvalue weighted by Crippen LogP contribution is -2.50. The van der Waals surface area contributed by atoms with Crippen LogP contribution in [-0.2, 0) is 19.2 Å². The van der Waals surface area contributed by atoms with Crippen LogP contribution in [0.3, 0.4) is 0 Å². The van der Waals surface area contributed by atoms with E-state index in [1.54, 1.807) is 25.2 Å². The molecule has 0 fully saturated rings. The Balaban J connectivity index is -0.00000110. The van der Waals surface area contributed by atoms with E-state index < -0.39 is 5.54 Å².